The van der Waals surface area contributed by atoms with Gasteiger partial charge in [-0.25, -0.2) is 0 Å². The number of nitrogens with zero attached hydrogens (tertiary/aromatic N) is 1. The Morgan fingerprint density at radius 3 is 2.53 bits per heavy atom. The highest BCUT2D eigenvalue weighted by molar-refractivity contribution is 7.84. The van der Waals surface area contributed by atoms with E-state index in [2.05, 4.69) is 43.4 Å². The standard InChI is InChI=1S/C13H17ClNOP/c1-13(2,3)17(14)15-8-7-10-9-11(16-4)5-6-12(10)15/h5-9H,1-4H3. The third-order valence-electron chi connectivity index (χ3n) is 2.62. The summed E-state index contributed by atoms with van der Waals surface area (Å²) in [6.45, 7) is 6.50. The molecule has 17 heavy (non-hydrogen) atoms. The van der Waals surface area contributed by atoms with E-state index in [1.807, 2.05) is 12.1 Å². The smallest absolute Gasteiger partial charge is 0.119 e. The van der Waals surface area contributed by atoms with Crippen molar-refractivity contribution >= 4 is 29.6 Å². The number of fused-ring (bicyclic) bond motifs is 1. The molecule has 0 saturated carbocycles. The zero-order valence-corrected chi connectivity index (χ0v) is 12.2. The maximum absolute atomic E-state index is 6.57. The van der Waals surface area contributed by atoms with Crippen LogP contribution in [0.25, 0.3) is 10.9 Å². The van der Waals surface area contributed by atoms with Crippen LogP contribution >= 0.6 is 18.7 Å². The van der Waals surface area contributed by atoms with Crippen molar-refractivity contribution in [1.82, 2.24) is 4.34 Å². The fraction of sp³-hybridized carbons (Fsp3) is 0.385. The molecule has 0 bridgehead atoms. The van der Waals surface area contributed by atoms with Gasteiger partial charge >= 0.3 is 0 Å². The summed E-state index contributed by atoms with van der Waals surface area (Å²) in [4.78, 5) is 0. The van der Waals surface area contributed by atoms with Crippen molar-refractivity contribution in [2.45, 2.75) is 25.9 Å². The van der Waals surface area contributed by atoms with Gasteiger partial charge in [-0.15, -0.1) is 0 Å². The Morgan fingerprint density at radius 1 is 1.24 bits per heavy atom. The molecule has 0 aliphatic carbocycles. The summed E-state index contributed by atoms with van der Waals surface area (Å²) in [5.74, 6) is 0.880. The fourth-order valence-electron chi connectivity index (χ4n) is 1.71. The first kappa shape index (κ1) is 12.7. The molecule has 92 valence electrons. The summed E-state index contributed by atoms with van der Waals surface area (Å²) in [6, 6.07) is 8.16. The van der Waals surface area contributed by atoms with Crippen LogP contribution in [0.1, 0.15) is 20.8 Å². The molecule has 0 aliphatic heterocycles. The molecule has 0 aliphatic rings. The second kappa shape index (κ2) is 4.51. The van der Waals surface area contributed by atoms with E-state index in [1.54, 1.807) is 7.11 Å². The molecule has 0 saturated heterocycles. The van der Waals surface area contributed by atoms with Gasteiger partial charge in [-0.2, -0.15) is 0 Å². The third kappa shape index (κ3) is 2.43. The molecule has 0 N–H and O–H groups in total. The van der Waals surface area contributed by atoms with Gasteiger partial charge in [0.15, 0.2) is 0 Å². The van der Waals surface area contributed by atoms with Crippen LogP contribution in [-0.4, -0.2) is 16.6 Å². The van der Waals surface area contributed by atoms with E-state index < -0.39 is 7.43 Å². The number of aromatic nitrogens is 1. The Morgan fingerprint density at radius 2 is 1.94 bits per heavy atom. The predicted octanol–water partition coefficient (Wildman–Crippen LogP) is 4.85. The fourth-order valence-corrected chi connectivity index (χ4v) is 3.31. The van der Waals surface area contributed by atoms with Crippen LogP contribution < -0.4 is 4.74 Å². The van der Waals surface area contributed by atoms with Gasteiger partial charge in [0.25, 0.3) is 0 Å². The molecule has 2 rings (SSSR count). The number of rotatable bonds is 2. The number of benzene rings is 1. The zero-order valence-electron chi connectivity index (χ0n) is 10.6. The Bertz CT molecular complexity index is 530. The van der Waals surface area contributed by atoms with Crippen LogP contribution in [0.15, 0.2) is 30.5 Å². The summed E-state index contributed by atoms with van der Waals surface area (Å²) in [5, 5.41) is 1.25. The summed E-state index contributed by atoms with van der Waals surface area (Å²) in [5.41, 5.74) is 1.17. The second-order valence-corrected chi connectivity index (χ2v) is 8.27. The maximum atomic E-state index is 6.57. The number of hydrogen-bond donors (Lipinski definition) is 0. The highest BCUT2D eigenvalue weighted by Gasteiger charge is 2.25. The second-order valence-electron chi connectivity index (χ2n) is 5.02. The largest absolute Gasteiger partial charge is 0.497 e. The first-order valence-corrected chi connectivity index (χ1v) is 7.75. The molecule has 1 atom stereocenters. The number of halogens is 1. The molecule has 4 heteroatoms. The van der Waals surface area contributed by atoms with Gasteiger partial charge in [0.05, 0.1) is 20.1 Å². The molecule has 1 heterocycles. The maximum Gasteiger partial charge on any atom is 0.119 e. The summed E-state index contributed by atoms with van der Waals surface area (Å²) in [6.07, 6.45) is 2.06. The van der Waals surface area contributed by atoms with Crippen LogP contribution in [0.4, 0.5) is 0 Å². The zero-order chi connectivity index (χ0) is 12.6. The average molecular weight is 270 g/mol. The van der Waals surface area contributed by atoms with E-state index in [0.717, 1.165) is 5.75 Å². The molecule has 0 amide bonds. The number of methoxy groups -OCH3 is 1. The van der Waals surface area contributed by atoms with Gasteiger partial charge in [-0.1, -0.05) is 32.0 Å². The van der Waals surface area contributed by atoms with Gasteiger partial charge in [-0.05, 0) is 24.3 Å². The minimum absolute atomic E-state index is 0.0861. The minimum Gasteiger partial charge on any atom is -0.497 e. The van der Waals surface area contributed by atoms with Crippen molar-refractivity contribution in [1.29, 1.82) is 0 Å². The van der Waals surface area contributed by atoms with Crippen molar-refractivity contribution in [2.24, 2.45) is 0 Å². The van der Waals surface area contributed by atoms with E-state index in [1.165, 1.54) is 10.9 Å². The Kier molecular flexibility index (Phi) is 3.38. The summed E-state index contributed by atoms with van der Waals surface area (Å²) in [7, 11) is 0.937. The molecule has 1 aromatic heterocycles. The summed E-state index contributed by atoms with van der Waals surface area (Å²) >= 11 is 6.57. The molecule has 1 unspecified atom stereocenters. The van der Waals surface area contributed by atoms with E-state index in [-0.39, 0.29) is 5.16 Å². The highest BCUT2D eigenvalue weighted by Crippen LogP contribution is 2.56. The van der Waals surface area contributed by atoms with Crippen molar-refractivity contribution < 1.29 is 4.74 Å². The van der Waals surface area contributed by atoms with Crippen LogP contribution in [-0.2, 0) is 0 Å². The van der Waals surface area contributed by atoms with Gasteiger partial charge in [0, 0.05) is 16.7 Å². The van der Waals surface area contributed by atoms with Crippen molar-refractivity contribution in [2.75, 3.05) is 7.11 Å². The van der Waals surface area contributed by atoms with Crippen LogP contribution in [0.2, 0.25) is 0 Å². The molecule has 2 nitrogen and oxygen atoms in total. The predicted molar refractivity (Wildman–Crippen MR) is 76.4 cm³/mol. The molecule has 0 fully saturated rings. The van der Waals surface area contributed by atoms with Crippen molar-refractivity contribution in [3.8, 4) is 5.75 Å². The normalized spacial score (nSPS) is 13.9. The van der Waals surface area contributed by atoms with E-state index in [4.69, 9.17) is 16.0 Å². The third-order valence-corrected chi connectivity index (χ3v) is 6.46. The minimum atomic E-state index is -0.745. The van der Waals surface area contributed by atoms with E-state index in [0.29, 0.717) is 0 Å². The number of hydrogen-bond acceptors (Lipinski definition) is 1. The lowest BCUT2D eigenvalue weighted by Gasteiger charge is -2.26. The number of ether oxygens (including phenoxy) is 1. The van der Waals surface area contributed by atoms with E-state index >= 15 is 0 Å². The SMILES string of the molecule is COc1ccc2c(ccn2P(Cl)C(C)(C)C)c1. The first-order valence-electron chi connectivity index (χ1n) is 5.55. The molecule has 1 aromatic carbocycles. The molecular weight excluding hydrogens is 253 g/mol. The van der Waals surface area contributed by atoms with Crippen molar-refractivity contribution in [3.63, 3.8) is 0 Å². The van der Waals surface area contributed by atoms with Crippen LogP contribution in [0.5, 0.6) is 5.75 Å². The molecule has 2 aromatic rings. The van der Waals surface area contributed by atoms with Gasteiger partial charge in [-0.3, -0.25) is 0 Å². The Hall–Kier alpha value is -0.720. The lowest BCUT2D eigenvalue weighted by atomic mass is 10.2. The molecule has 0 spiro atoms. The lowest BCUT2D eigenvalue weighted by molar-refractivity contribution is 0.415. The molecule has 0 radical (unpaired) electrons. The summed E-state index contributed by atoms with van der Waals surface area (Å²) < 4.78 is 7.39. The average Bonchev–Trinajstić information content (AvgIpc) is 2.69. The topological polar surface area (TPSA) is 14.2 Å². The highest BCUT2D eigenvalue weighted by atomic mass is 35.7. The van der Waals surface area contributed by atoms with Gasteiger partial charge in [0.2, 0.25) is 0 Å². The molecular formula is C13H17ClNOP. The van der Waals surface area contributed by atoms with Gasteiger partial charge < -0.3 is 9.07 Å². The lowest BCUT2D eigenvalue weighted by Crippen LogP contribution is -2.12. The monoisotopic (exact) mass is 269 g/mol. The van der Waals surface area contributed by atoms with Gasteiger partial charge in [0.1, 0.15) is 5.75 Å². The quantitative estimate of drug-likeness (QED) is 0.711. The van der Waals surface area contributed by atoms with Crippen molar-refractivity contribution in [3.05, 3.63) is 30.5 Å². The van der Waals surface area contributed by atoms with Crippen LogP contribution in [0.3, 0.4) is 0 Å². The van der Waals surface area contributed by atoms with Crippen LogP contribution in [0, 0.1) is 0 Å². The van der Waals surface area contributed by atoms with E-state index in [9.17, 15) is 0 Å². The first-order chi connectivity index (χ1) is 7.93. The Balaban J connectivity index is 2.50. The Labute approximate surface area is 108 Å².